The monoisotopic (exact) mass is 436 g/mol. The highest BCUT2D eigenvalue weighted by Crippen LogP contribution is 2.34. The maximum Gasteiger partial charge on any atom is 0.328 e. The number of hydrogen-bond donors (Lipinski definition) is 0. The Labute approximate surface area is 185 Å². The van der Waals surface area contributed by atoms with Gasteiger partial charge in [-0.3, -0.25) is 19.4 Å². The van der Waals surface area contributed by atoms with Gasteiger partial charge in [-0.05, 0) is 43.7 Å². The molecule has 8 heteroatoms. The fourth-order valence-corrected chi connectivity index (χ4v) is 4.17. The zero-order valence-electron chi connectivity index (χ0n) is 17.4. The second kappa shape index (κ2) is 7.74. The first kappa shape index (κ1) is 20.9. The van der Waals surface area contributed by atoms with Gasteiger partial charge in [0.25, 0.3) is 5.91 Å². The lowest BCUT2D eigenvalue weighted by Crippen LogP contribution is -2.67. The van der Waals surface area contributed by atoms with E-state index in [-0.39, 0.29) is 24.5 Å². The minimum absolute atomic E-state index is 0.157. The Balaban J connectivity index is 1.78. The van der Waals surface area contributed by atoms with E-state index in [1.54, 1.807) is 57.3 Å². The van der Waals surface area contributed by atoms with E-state index >= 15 is 0 Å². The lowest BCUT2D eigenvalue weighted by Gasteiger charge is -2.43. The Kier molecular flexibility index (Phi) is 5.23. The SMILES string of the molecule is CCN1C(=O)C2=NC(C)=NC2(Cc2ccccc2C(=O)c2ccc(Cl)cc2)N(C)C1=O. The van der Waals surface area contributed by atoms with Crippen LogP contribution in [0.2, 0.25) is 5.02 Å². The topological polar surface area (TPSA) is 82.4 Å². The van der Waals surface area contributed by atoms with E-state index in [2.05, 4.69) is 9.98 Å². The van der Waals surface area contributed by atoms with Crippen LogP contribution < -0.4 is 0 Å². The van der Waals surface area contributed by atoms with Crippen LogP contribution in [0.4, 0.5) is 4.79 Å². The highest BCUT2D eigenvalue weighted by atomic mass is 35.5. The van der Waals surface area contributed by atoms with Crippen molar-refractivity contribution in [1.29, 1.82) is 0 Å². The number of fused-ring (bicyclic) bond motifs is 1. The number of urea groups is 1. The molecule has 7 nitrogen and oxygen atoms in total. The number of hydrogen-bond acceptors (Lipinski definition) is 5. The number of aliphatic imine (C=N–C) groups is 2. The number of carbonyl (C=O) groups excluding carboxylic acids is 3. The van der Waals surface area contributed by atoms with Crippen LogP contribution in [-0.2, 0) is 11.2 Å². The predicted molar refractivity (Wildman–Crippen MR) is 119 cm³/mol. The molecule has 3 amide bonds. The van der Waals surface area contributed by atoms with Crippen molar-refractivity contribution in [1.82, 2.24) is 9.80 Å². The third kappa shape index (κ3) is 3.35. The minimum Gasteiger partial charge on any atom is -0.297 e. The number of ketones is 1. The summed E-state index contributed by atoms with van der Waals surface area (Å²) in [4.78, 5) is 50.7. The van der Waals surface area contributed by atoms with Crippen LogP contribution in [0.5, 0.6) is 0 Å². The quantitative estimate of drug-likeness (QED) is 0.671. The molecule has 2 aromatic carbocycles. The van der Waals surface area contributed by atoms with Crippen molar-refractivity contribution >= 4 is 40.9 Å². The fourth-order valence-electron chi connectivity index (χ4n) is 4.04. The molecule has 0 N–H and O–H groups in total. The van der Waals surface area contributed by atoms with Gasteiger partial charge in [-0.25, -0.2) is 14.8 Å². The van der Waals surface area contributed by atoms with Gasteiger partial charge in [0.1, 0.15) is 5.84 Å². The molecule has 0 bridgehead atoms. The highest BCUT2D eigenvalue weighted by molar-refractivity contribution is 6.48. The second-order valence-corrected chi connectivity index (χ2v) is 7.93. The van der Waals surface area contributed by atoms with Gasteiger partial charge in [-0.1, -0.05) is 35.9 Å². The van der Waals surface area contributed by atoms with E-state index in [1.807, 2.05) is 12.1 Å². The summed E-state index contributed by atoms with van der Waals surface area (Å²) in [5, 5.41) is 0.543. The number of carbonyl (C=O) groups is 3. The van der Waals surface area contributed by atoms with Crippen LogP contribution in [0.25, 0.3) is 0 Å². The van der Waals surface area contributed by atoms with Gasteiger partial charge in [0.05, 0.1) is 0 Å². The van der Waals surface area contributed by atoms with Gasteiger partial charge in [0.2, 0.25) is 0 Å². The molecule has 1 saturated heterocycles. The van der Waals surface area contributed by atoms with Crippen molar-refractivity contribution in [3.8, 4) is 0 Å². The maximum absolute atomic E-state index is 13.2. The first-order chi connectivity index (χ1) is 14.8. The van der Waals surface area contributed by atoms with Gasteiger partial charge in [0, 0.05) is 36.2 Å². The molecule has 158 valence electrons. The lowest BCUT2D eigenvalue weighted by atomic mass is 9.87. The zero-order valence-corrected chi connectivity index (χ0v) is 18.2. The Bertz CT molecular complexity index is 1160. The number of rotatable bonds is 5. The van der Waals surface area contributed by atoms with E-state index < -0.39 is 17.6 Å². The Morgan fingerprint density at radius 2 is 1.77 bits per heavy atom. The van der Waals surface area contributed by atoms with Crippen LogP contribution in [-0.4, -0.2) is 58.3 Å². The predicted octanol–water partition coefficient (Wildman–Crippen LogP) is 3.60. The summed E-state index contributed by atoms with van der Waals surface area (Å²) in [6, 6.07) is 13.4. The largest absolute Gasteiger partial charge is 0.328 e. The third-order valence-electron chi connectivity index (χ3n) is 5.64. The first-order valence-electron chi connectivity index (χ1n) is 9.92. The van der Waals surface area contributed by atoms with Gasteiger partial charge in [-0.2, -0.15) is 0 Å². The number of nitrogens with zero attached hydrogens (tertiary/aromatic N) is 4. The molecule has 2 aliphatic rings. The van der Waals surface area contributed by atoms with Gasteiger partial charge in [-0.15, -0.1) is 0 Å². The van der Waals surface area contributed by atoms with Crippen molar-refractivity contribution in [2.24, 2.45) is 9.98 Å². The lowest BCUT2D eigenvalue weighted by molar-refractivity contribution is -0.123. The van der Waals surface area contributed by atoms with Gasteiger partial charge >= 0.3 is 6.03 Å². The molecule has 4 rings (SSSR count). The standard InChI is InChI=1S/C23H21ClN4O3/c1-4-28-21(30)20-23(26-14(2)25-20,27(3)22(28)31)13-16-7-5-6-8-18(16)19(29)15-9-11-17(24)12-10-15/h5-12H,4,13H2,1-3H3. The average molecular weight is 437 g/mol. The average Bonchev–Trinajstić information content (AvgIpc) is 3.10. The van der Waals surface area contributed by atoms with Crippen LogP contribution in [0.1, 0.15) is 35.3 Å². The molecule has 2 aromatic rings. The van der Waals surface area contributed by atoms with E-state index in [0.717, 1.165) is 4.90 Å². The zero-order chi connectivity index (χ0) is 22.3. The fraction of sp³-hybridized carbons (Fsp3) is 0.261. The second-order valence-electron chi connectivity index (χ2n) is 7.50. The maximum atomic E-state index is 13.2. The van der Waals surface area contributed by atoms with E-state index in [4.69, 9.17) is 11.6 Å². The van der Waals surface area contributed by atoms with Crippen LogP contribution in [0, 0.1) is 0 Å². The summed E-state index contributed by atoms with van der Waals surface area (Å²) in [6.45, 7) is 3.67. The molecular formula is C23H21ClN4O3. The van der Waals surface area contributed by atoms with Crippen molar-refractivity contribution < 1.29 is 14.4 Å². The molecule has 1 atom stereocenters. The Morgan fingerprint density at radius 1 is 1.10 bits per heavy atom. The van der Waals surface area contributed by atoms with Crippen molar-refractivity contribution in [2.75, 3.05) is 13.6 Å². The van der Waals surface area contributed by atoms with Crippen LogP contribution >= 0.6 is 11.6 Å². The van der Waals surface area contributed by atoms with Crippen molar-refractivity contribution in [3.05, 3.63) is 70.2 Å². The summed E-state index contributed by atoms with van der Waals surface area (Å²) < 4.78 is 0. The number of amides is 3. The summed E-state index contributed by atoms with van der Waals surface area (Å²) >= 11 is 5.95. The highest BCUT2D eigenvalue weighted by Gasteiger charge is 2.55. The minimum atomic E-state index is -1.28. The molecule has 0 spiro atoms. The first-order valence-corrected chi connectivity index (χ1v) is 10.3. The molecule has 2 heterocycles. The number of halogens is 1. The van der Waals surface area contributed by atoms with E-state index in [1.165, 1.54) is 4.90 Å². The smallest absolute Gasteiger partial charge is 0.297 e. The normalized spacial score (nSPS) is 20.5. The van der Waals surface area contributed by atoms with Crippen molar-refractivity contribution in [3.63, 3.8) is 0 Å². The van der Waals surface area contributed by atoms with Crippen molar-refractivity contribution in [2.45, 2.75) is 25.9 Å². The summed E-state index contributed by atoms with van der Waals surface area (Å²) in [5.41, 5.74) is 0.564. The molecular weight excluding hydrogens is 416 g/mol. The van der Waals surface area contributed by atoms with E-state index in [9.17, 15) is 14.4 Å². The molecule has 0 saturated carbocycles. The Morgan fingerprint density at radius 3 is 2.45 bits per heavy atom. The molecule has 2 aliphatic heterocycles. The van der Waals surface area contributed by atoms with Crippen LogP contribution in [0.15, 0.2) is 58.5 Å². The molecule has 0 aromatic heterocycles. The summed E-state index contributed by atoms with van der Waals surface area (Å²) in [6.07, 6.45) is 0.157. The molecule has 0 radical (unpaired) electrons. The molecule has 1 unspecified atom stereocenters. The number of imide groups is 1. The van der Waals surface area contributed by atoms with Gasteiger partial charge in [0.15, 0.2) is 17.2 Å². The number of benzene rings is 2. The molecule has 1 fully saturated rings. The number of likely N-dealkylation sites (N-methyl/N-ethyl adjacent to an activating group) is 1. The van der Waals surface area contributed by atoms with E-state index in [0.29, 0.717) is 27.5 Å². The third-order valence-corrected chi connectivity index (χ3v) is 5.89. The van der Waals surface area contributed by atoms with Crippen LogP contribution in [0.3, 0.4) is 0 Å². The summed E-state index contributed by atoms with van der Waals surface area (Å²) in [7, 11) is 1.61. The molecule has 31 heavy (non-hydrogen) atoms. The Hall–Kier alpha value is -3.32. The number of amidine groups is 1. The molecule has 0 aliphatic carbocycles. The summed E-state index contributed by atoms with van der Waals surface area (Å²) in [5.74, 6) is -0.206. The van der Waals surface area contributed by atoms with Gasteiger partial charge < -0.3 is 0 Å².